The Hall–Kier alpha value is -2.63. The number of benzene rings is 2. The Bertz CT molecular complexity index is 942. The summed E-state index contributed by atoms with van der Waals surface area (Å²) in [5, 5.41) is 8.91. The first-order valence-corrected chi connectivity index (χ1v) is 8.35. The van der Waals surface area contributed by atoms with Gasteiger partial charge in [0, 0.05) is 6.07 Å². The minimum Gasteiger partial charge on any atom is -0.477 e. The smallest absolute Gasteiger partial charge is 0.416 e. The molecule has 1 atom stereocenters. The van der Waals surface area contributed by atoms with E-state index in [4.69, 9.17) is 32.7 Å². The summed E-state index contributed by atoms with van der Waals surface area (Å²) in [4.78, 5) is 11.5. The average Bonchev–Trinajstić information content (AvgIpc) is 2.63. The second-order valence-electron chi connectivity index (χ2n) is 5.42. The molecule has 0 saturated carbocycles. The fourth-order valence-electron chi connectivity index (χ4n) is 2.08. The lowest BCUT2D eigenvalue weighted by Crippen LogP contribution is -2.25. The van der Waals surface area contributed by atoms with E-state index in [1.165, 1.54) is 26.2 Å². The first-order valence-electron chi connectivity index (χ1n) is 7.59. The van der Waals surface area contributed by atoms with Gasteiger partial charge in [-0.05, 0) is 31.2 Å². The number of methoxy groups -OCH3 is 1. The Balaban J connectivity index is 2.37. The van der Waals surface area contributed by atoms with Crippen LogP contribution in [0.25, 0.3) is 0 Å². The molecule has 28 heavy (non-hydrogen) atoms. The van der Waals surface area contributed by atoms with E-state index in [9.17, 15) is 23.2 Å². The highest BCUT2D eigenvalue weighted by atomic mass is 35.5. The van der Waals surface area contributed by atoms with Crippen LogP contribution in [-0.2, 0) is 15.7 Å². The van der Waals surface area contributed by atoms with Crippen molar-refractivity contribution in [3.05, 3.63) is 51.5 Å². The maximum absolute atomic E-state index is 12.7. The molecule has 148 valence electrons. The number of nitrogens with zero attached hydrogens (tertiary/aromatic N) is 1. The van der Waals surface area contributed by atoms with Crippen molar-refractivity contribution >= 4 is 29.2 Å². The van der Waals surface area contributed by atoms with Crippen molar-refractivity contribution in [2.45, 2.75) is 19.2 Å². The van der Waals surface area contributed by atoms with Crippen molar-refractivity contribution in [2.75, 3.05) is 7.11 Å². The first kappa shape index (κ1) is 21.7. The maximum Gasteiger partial charge on any atom is 0.416 e. The number of esters is 1. The van der Waals surface area contributed by atoms with Crippen molar-refractivity contribution < 1.29 is 32.2 Å². The number of rotatable bonds is 5. The summed E-state index contributed by atoms with van der Waals surface area (Å²) < 4.78 is 53.6. The SMILES string of the molecule is COC(=O)C(C)Oc1cc(Oc2ccc(C(F)(F)F)cc2Cl)c(Cl)cc1C#N. The molecule has 0 aliphatic carbocycles. The molecule has 0 amide bonds. The number of carbonyl (C=O) groups excluding carboxylic acids is 1. The third-order valence-electron chi connectivity index (χ3n) is 3.47. The van der Waals surface area contributed by atoms with Crippen LogP contribution in [0, 0.1) is 11.3 Å². The van der Waals surface area contributed by atoms with Crippen LogP contribution < -0.4 is 9.47 Å². The molecule has 0 saturated heterocycles. The Morgan fingerprint density at radius 2 is 1.75 bits per heavy atom. The zero-order valence-corrected chi connectivity index (χ0v) is 15.9. The van der Waals surface area contributed by atoms with E-state index in [2.05, 4.69) is 4.74 Å². The molecule has 0 fully saturated rings. The van der Waals surface area contributed by atoms with Crippen molar-refractivity contribution in [1.29, 1.82) is 5.26 Å². The van der Waals surface area contributed by atoms with E-state index >= 15 is 0 Å². The van der Waals surface area contributed by atoms with E-state index in [-0.39, 0.29) is 32.9 Å². The summed E-state index contributed by atoms with van der Waals surface area (Å²) in [5.74, 6) is -0.822. The number of ether oxygens (including phenoxy) is 3. The number of nitriles is 1. The predicted octanol–water partition coefficient (Wildman–Crippen LogP) is 5.62. The van der Waals surface area contributed by atoms with E-state index in [1.807, 2.05) is 6.07 Å². The molecular weight excluding hydrogens is 422 g/mol. The van der Waals surface area contributed by atoms with Crippen LogP contribution in [0.4, 0.5) is 13.2 Å². The zero-order chi connectivity index (χ0) is 21.1. The highest BCUT2D eigenvalue weighted by molar-refractivity contribution is 6.33. The molecule has 10 heteroatoms. The molecule has 2 rings (SSSR count). The van der Waals surface area contributed by atoms with Gasteiger partial charge >= 0.3 is 12.1 Å². The Kier molecular flexibility index (Phi) is 6.65. The lowest BCUT2D eigenvalue weighted by Gasteiger charge is -2.16. The second-order valence-corrected chi connectivity index (χ2v) is 6.23. The Morgan fingerprint density at radius 1 is 1.11 bits per heavy atom. The average molecular weight is 434 g/mol. The molecular formula is C18H12Cl2F3NO4. The molecule has 2 aromatic rings. The van der Waals surface area contributed by atoms with Gasteiger partial charge < -0.3 is 14.2 Å². The number of hydrogen-bond donors (Lipinski definition) is 0. The van der Waals surface area contributed by atoms with Crippen LogP contribution in [0.15, 0.2) is 30.3 Å². The maximum atomic E-state index is 12.7. The zero-order valence-electron chi connectivity index (χ0n) is 14.4. The molecule has 0 radical (unpaired) electrons. The van der Waals surface area contributed by atoms with Crippen molar-refractivity contribution in [3.63, 3.8) is 0 Å². The van der Waals surface area contributed by atoms with Crippen LogP contribution in [0.3, 0.4) is 0 Å². The van der Waals surface area contributed by atoms with Gasteiger partial charge in [0.05, 0.1) is 28.3 Å². The Labute approximate surface area is 168 Å². The molecule has 0 aliphatic heterocycles. The topological polar surface area (TPSA) is 68.6 Å². The minimum absolute atomic E-state index is 0.00872. The summed E-state index contributed by atoms with van der Waals surface area (Å²) in [7, 11) is 1.18. The van der Waals surface area contributed by atoms with Crippen LogP contribution in [0.5, 0.6) is 17.2 Å². The molecule has 1 unspecified atom stereocenters. The molecule has 0 N–H and O–H groups in total. The summed E-state index contributed by atoms with van der Waals surface area (Å²) in [6.45, 7) is 1.41. The van der Waals surface area contributed by atoms with E-state index < -0.39 is 23.8 Å². The highest BCUT2D eigenvalue weighted by Crippen LogP contribution is 2.40. The van der Waals surface area contributed by atoms with Crippen LogP contribution in [-0.4, -0.2) is 19.2 Å². The van der Waals surface area contributed by atoms with Gasteiger partial charge in [-0.1, -0.05) is 23.2 Å². The standard InChI is InChI=1S/C18H12Cl2F3NO4/c1-9(17(25)26-2)27-15-7-16(12(19)5-10(15)8-24)28-14-4-3-11(6-13(14)20)18(21,22)23/h3-7,9H,1-2H3. The minimum atomic E-state index is -4.56. The third kappa shape index (κ3) is 5.00. The number of halogens is 5. The molecule has 0 bridgehead atoms. The third-order valence-corrected chi connectivity index (χ3v) is 4.06. The van der Waals surface area contributed by atoms with Crippen LogP contribution in [0.2, 0.25) is 10.0 Å². The lowest BCUT2D eigenvalue weighted by molar-refractivity contribution is -0.148. The van der Waals surface area contributed by atoms with Gasteiger partial charge in [-0.25, -0.2) is 4.79 Å². The fraction of sp³-hybridized carbons (Fsp3) is 0.222. The first-order chi connectivity index (χ1) is 13.1. The normalized spacial score (nSPS) is 12.1. The van der Waals surface area contributed by atoms with Gasteiger partial charge in [0.2, 0.25) is 0 Å². The van der Waals surface area contributed by atoms with E-state index in [1.54, 1.807) is 0 Å². The molecule has 0 spiro atoms. The van der Waals surface area contributed by atoms with Gasteiger partial charge in [-0.2, -0.15) is 18.4 Å². The van der Waals surface area contributed by atoms with Gasteiger partial charge in [0.1, 0.15) is 23.3 Å². The number of hydrogen-bond acceptors (Lipinski definition) is 5. The van der Waals surface area contributed by atoms with E-state index in [0.717, 1.165) is 12.1 Å². The molecule has 0 aromatic heterocycles. The Morgan fingerprint density at radius 3 is 2.29 bits per heavy atom. The van der Waals surface area contributed by atoms with Crippen molar-refractivity contribution in [1.82, 2.24) is 0 Å². The van der Waals surface area contributed by atoms with Gasteiger partial charge in [-0.15, -0.1) is 0 Å². The molecule has 0 heterocycles. The summed E-state index contributed by atoms with van der Waals surface area (Å²) >= 11 is 11.9. The van der Waals surface area contributed by atoms with Crippen molar-refractivity contribution in [3.8, 4) is 23.3 Å². The fourth-order valence-corrected chi connectivity index (χ4v) is 2.50. The van der Waals surface area contributed by atoms with Gasteiger partial charge in [0.15, 0.2) is 6.10 Å². The number of alkyl halides is 3. The van der Waals surface area contributed by atoms with Crippen LogP contribution in [0.1, 0.15) is 18.1 Å². The summed E-state index contributed by atoms with van der Waals surface area (Å²) in [5.41, 5.74) is -0.918. The predicted molar refractivity (Wildman–Crippen MR) is 94.8 cm³/mol. The molecule has 2 aromatic carbocycles. The highest BCUT2D eigenvalue weighted by Gasteiger charge is 2.31. The van der Waals surface area contributed by atoms with Crippen LogP contribution >= 0.6 is 23.2 Å². The van der Waals surface area contributed by atoms with Gasteiger partial charge in [0.25, 0.3) is 0 Å². The van der Waals surface area contributed by atoms with E-state index in [0.29, 0.717) is 6.07 Å². The second kappa shape index (κ2) is 8.59. The number of carbonyl (C=O) groups is 1. The largest absolute Gasteiger partial charge is 0.477 e. The van der Waals surface area contributed by atoms with Crippen molar-refractivity contribution in [2.24, 2.45) is 0 Å². The summed E-state index contributed by atoms with van der Waals surface area (Å²) in [6, 6.07) is 6.87. The molecule has 5 nitrogen and oxygen atoms in total. The quantitative estimate of drug-likeness (QED) is 0.572. The monoisotopic (exact) mass is 433 g/mol. The summed E-state index contributed by atoms with van der Waals surface area (Å²) in [6.07, 6.45) is -5.58. The van der Waals surface area contributed by atoms with Gasteiger partial charge in [-0.3, -0.25) is 0 Å². The molecule has 0 aliphatic rings. The lowest BCUT2D eigenvalue weighted by atomic mass is 10.2.